The fourth-order valence-corrected chi connectivity index (χ4v) is 2.10. The summed E-state index contributed by atoms with van der Waals surface area (Å²) in [7, 11) is 1.68. The van der Waals surface area contributed by atoms with Crippen LogP contribution in [0.3, 0.4) is 0 Å². The molecule has 1 atom stereocenters. The van der Waals surface area contributed by atoms with Gasteiger partial charge in [0.15, 0.2) is 0 Å². The summed E-state index contributed by atoms with van der Waals surface area (Å²) >= 11 is 0. The van der Waals surface area contributed by atoms with Crippen molar-refractivity contribution in [3.05, 3.63) is 32.6 Å². The maximum Gasteiger partial charge on any atom is 0.326 e. The summed E-state index contributed by atoms with van der Waals surface area (Å²) < 4.78 is 0. The molecule has 1 aliphatic rings. The van der Waals surface area contributed by atoms with E-state index in [1.54, 1.807) is 11.9 Å². The van der Waals surface area contributed by atoms with Crippen molar-refractivity contribution in [1.82, 2.24) is 20.2 Å². The van der Waals surface area contributed by atoms with Crippen molar-refractivity contribution in [3.63, 3.8) is 0 Å². The zero-order valence-electron chi connectivity index (χ0n) is 10.2. The predicted octanol–water partition coefficient (Wildman–Crippen LogP) is -1.11. The van der Waals surface area contributed by atoms with Crippen LogP contribution in [-0.4, -0.2) is 47.0 Å². The minimum atomic E-state index is -0.666. The van der Waals surface area contributed by atoms with Crippen molar-refractivity contribution in [2.45, 2.75) is 18.9 Å². The van der Waals surface area contributed by atoms with Gasteiger partial charge in [-0.1, -0.05) is 0 Å². The summed E-state index contributed by atoms with van der Waals surface area (Å²) in [5.41, 5.74) is -1.21. The third-order valence-corrected chi connectivity index (χ3v) is 3.13. The number of aromatic nitrogens is 2. The molecule has 1 aromatic heterocycles. The van der Waals surface area contributed by atoms with Crippen molar-refractivity contribution in [2.24, 2.45) is 0 Å². The molecule has 2 heterocycles. The molecule has 1 amide bonds. The van der Waals surface area contributed by atoms with E-state index in [2.05, 4.69) is 10.3 Å². The van der Waals surface area contributed by atoms with Crippen LogP contribution < -0.4 is 16.6 Å². The number of nitrogens with one attached hydrogen (secondary N) is 3. The molecule has 0 radical (unpaired) electrons. The summed E-state index contributed by atoms with van der Waals surface area (Å²) in [5, 5.41) is 3.21. The Bertz CT molecular complexity index is 513. The number of H-pyrrole nitrogens is 2. The van der Waals surface area contributed by atoms with Gasteiger partial charge in [0.1, 0.15) is 5.69 Å². The fraction of sp³-hybridized carbons (Fsp3) is 0.545. The van der Waals surface area contributed by atoms with Crippen LogP contribution in [-0.2, 0) is 0 Å². The van der Waals surface area contributed by atoms with Gasteiger partial charge in [0, 0.05) is 25.7 Å². The molecule has 0 spiro atoms. The van der Waals surface area contributed by atoms with Crippen LogP contribution in [0.1, 0.15) is 23.3 Å². The van der Waals surface area contributed by atoms with Gasteiger partial charge in [0.25, 0.3) is 11.5 Å². The topological polar surface area (TPSA) is 98.1 Å². The summed E-state index contributed by atoms with van der Waals surface area (Å²) in [4.78, 5) is 40.3. The third-order valence-electron chi connectivity index (χ3n) is 3.13. The molecular weight excluding hydrogens is 236 g/mol. The van der Waals surface area contributed by atoms with Crippen LogP contribution >= 0.6 is 0 Å². The van der Waals surface area contributed by atoms with Gasteiger partial charge in [-0.2, -0.15) is 0 Å². The lowest BCUT2D eigenvalue weighted by Crippen LogP contribution is -2.47. The molecule has 1 aliphatic heterocycles. The fourth-order valence-electron chi connectivity index (χ4n) is 2.10. The van der Waals surface area contributed by atoms with Crippen molar-refractivity contribution in [3.8, 4) is 0 Å². The maximum atomic E-state index is 12.1. The van der Waals surface area contributed by atoms with E-state index < -0.39 is 11.2 Å². The van der Waals surface area contributed by atoms with Crippen molar-refractivity contribution >= 4 is 5.91 Å². The predicted molar refractivity (Wildman–Crippen MR) is 65.7 cm³/mol. The molecular formula is C11H16N4O3. The van der Waals surface area contributed by atoms with Gasteiger partial charge in [0.2, 0.25) is 0 Å². The standard InChI is InChI=1S/C11H16N4O3/c1-15(7-3-2-4-12-6-7)10(17)8-5-9(16)14-11(18)13-8/h5,7,12H,2-4,6H2,1H3,(H2,13,14,16,18). The van der Waals surface area contributed by atoms with E-state index in [1.165, 1.54) is 0 Å². The number of amides is 1. The molecule has 18 heavy (non-hydrogen) atoms. The second kappa shape index (κ2) is 5.18. The number of aromatic amines is 2. The van der Waals surface area contributed by atoms with Gasteiger partial charge in [-0.05, 0) is 19.4 Å². The molecule has 0 aromatic carbocycles. The Morgan fingerprint density at radius 3 is 2.78 bits per heavy atom. The second-order valence-corrected chi connectivity index (χ2v) is 4.42. The SMILES string of the molecule is CN(C(=O)c1cc(=O)[nH]c(=O)[nH]1)C1CCCNC1. The number of rotatable bonds is 2. The van der Waals surface area contributed by atoms with Gasteiger partial charge in [-0.25, -0.2) is 4.79 Å². The van der Waals surface area contributed by atoms with Gasteiger partial charge in [-0.15, -0.1) is 0 Å². The quantitative estimate of drug-likeness (QED) is 0.621. The first-order valence-electron chi connectivity index (χ1n) is 5.89. The Morgan fingerprint density at radius 1 is 1.39 bits per heavy atom. The van der Waals surface area contributed by atoms with Crippen molar-refractivity contribution in [1.29, 1.82) is 0 Å². The lowest BCUT2D eigenvalue weighted by atomic mass is 10.1. The Balaban J connectivity index is 2.19. The van der Waals surface area contributed by atoms with E-state index in [1.807, 2.05) is 4.98 Å². The molecule has 3 N–H and O–H groups in total. The summed E-state index contributed by atoms with van der Waals surface area (Å²) in [5.74, 6) is -0.341. The Hall–Kier alpha value is -1.89. The normalized spacial score (nSPS) is 19.5. The van der Waals surface area contributed by atoms with E-state index in [4.69, 9.17) is 0 Å². The Morgan fingerprint density at radius 2 is 2.17 bits per heavy atom. The smallest absolute Gasteiger partial charge is 0.326 e. The number of nitrogens with zero attached hydrogens (tertiary/aromatic N) is 1. The molecule has 0 saturated carbocycles. The van der Waals surface area contributed by atoms with Crippen LogP contribution in [0, 0.1) is 0 Å². The third kappa shape index (κ3) is 2.67. The second-order valence-electron chi connectivity index (χ2n) is 4.42. The molecule has 1 unspecified atom stereocenters. The lowest BCUT2D eigenvalue weighted by Gasteiger charge is -2.31. The molecule has 98 valence electrons. The summed E-state index contributed by atoms with van der Waals surface area (Å²) in [6, 6.07) is 1.20. The van der Waals surface area contributed by atoms with E-state index in [0.29, 0.717) is 0 Å². The largest absolute Gasteiger partial charge is 0.336 e. The highest BCUT2D eigenvalue weighted by atomic mass is 16.2. The number of carbonyl (C=O) groups is 1. The van der Waals surface area contributed by atoms with E-state index >= 15 is 0 Å². The molecule has 1 aromatic rings. The molecule has 1 saturated heterocycles. The lowest BCUT2D eigenvalue weighted by molar-refractivity contribution is 0.0701. The first kappa shape index (κ1) is 12.6. The highest BCUT2D eigenvalue weighted by Crippen LogP contribution is 2.10. The van der Waals surface area contributed by atoms with E-state index in [9.17, 15) is 14.4 Å². The van der Waals surface area contributed by atoms with Crippen LogP contribution in [0.4, 0.5) is 0 Å². The zero-order valence-corrected chi connectivity index (χ0v) is 10.2. The number of carbonyl (C=O) groups excluding carboxylic acids is 1. The molecule has 0 aliphatic carbocycles. The highest BCUT2D eigenvalue weighted by molar-refractivity contribution is 5.92. The first-order valence-corrected chi connectivity index (χ1v) is 5.89. The Labute approximate surface area is 103 Å². The number of hydrogen-bond donors (Lipinski definition) is 3. The zero-order chi connectivity index (χ0) is 13.1. The summed E-state index contributed by atoms with van der Waals surface area (Å²) in [6.07, 6.45) is 1.93. The van der Waals surface area contributed by atoms with Crippen LogP contribution in [0.15, 0.2) is 15.7 Å². The Kier molecular flexibility index (Phi) is 3.61. The van der Waals surface area contributed by atoms with Gasteiger partial charge >= 0.3 is 5.69 Å². The van der Waals surface area contributed by atoms with Gasteiger partial charge in [-0.3, -0.25) is 14.6 Å². The molecule has 7 nitrogen and oxygen atoms in total. The van der Waals surface area contributed by atoms with Crippen molar-refractivity contribution in [2.75, 3.05) is 20.1 Å². The molecule has 1 fully saturated rings. The number of likely N-dealkylation sites (N-methyl/N-ethyl adjacent to an activating group) is 1. The highest BCUT2D eigenvalue weighted by Gasteiger charge is 2.23. The molecule has 2 rings (SSSR count). The molecule has 0 bridgehead atoms. The molecule has 7 heteroatoms. The first-order chi connectivity index (χ1) is 8.58. The number of piperidine rings is 1. The monoisotopic (exact) mass is 252 g/mol. The van der Waals surface area contributed by atoms with Gasteiger partial charge < -0.3 is 15.2 Å². The van der Waals surface area contributed by atoms with Crippen LogP contribution in [0.5, 0.6) is 0 Å². The van der Waals surface area contributed by atoms with Crippen molar-refractivity contribution < 1.29 is 4.79 Å². The number of hydrogen-bond acceptors (Lipinski definition) is 4. The average molecular weight is 252 g/mol. The van der Waals surface area contributed by atoms with E-state index in [-0.39, 0.29) is 17.6 Å². The van der Waals surface area contributed by atoms with Crippen LogP contribution in [0.2, 0.25) is 0 Å². The van der Waals surface area contributed by atoms with E-state index in [0.717, 1.165) is 32.0 Å². The minimum absolute atomic E-state index is 0.0248. The summed E-state index contributed by atoms with van der Waals surface area (Å²) in [6.45, 7) is 1.69. The average Bonchev–Trinajstić information content (AvgIpc) is 2.37. The maximum absolute atomic E-state index is 12.1. The van der Waals surface area contributed by atoms with Gasteiger partial charge in [0.05, 0.1) is 0 Å². The minimum Gasteiger partial charge on any atom is -0.336 e. The van der Waals surface area contributed by atoms with Crippen LogP contribution in [0.25, 0.3) is 0 Å².